The Morgan fingerprint density at radius 3 is 2.39 bits per heavy atom. The van der Waals surface area contributed by atoms with Gasteiger partial charge in [0.15, 0.2) is 0 Å². The average Bonchev–Trinajstić information content (AvgIpc) is 2.69. The summed E-state index contributed by atoms with van der Waals surface area (Å²) in [5.74, 6) is -3.63. The zero-order valence-corrected chi connectivity index (χ0v) is 12.4. The number of carbonyl (C=O) groups excluding carboxylic acids is 1. The Kier molecular flexibility index (Phi) is 3.70. The summed E-state index contributed by atoms with van der Waals surface area (Å²) in [7, 11) is -4.97. The highest BCUT2D eigenvalue weighted by Gasteiger charge is 2.48. The molecule has 0 radical (unpaired) electrons. The van der Waals surface area contributed by atoms with Gasteiger partial charge in [-0.2, -0.15) is 13.2 Å². The summed E-state index contributed by atoms with van der Waals surface area (Å²) in [6.07, 6.45) is -2.84. The van der Waals surface area contributed by atoms with E-state index in [1.54, 1.807) is 0 Å². The van der Waals surface area contributed by atoms with E-state index in [1.807, 2.05) is 0 Å². The second-order valence-corrected chi connectivity index (χ2v) is 7.10. The molecule has 0 saturated heterocycles. The van der Waals surface area contributed by atoms with Gasteiger partial charge in [-0.05, 0) is 31.4 Å². The summed E-state index contributed by atoms with van der Waals surface area (Å²) >= 11 is 0. The highest BCUT2D eigenvalue weighted by Crippen LogP contribution is 2.58. The number of ether oxygens (including phenoxy) is 2. The van der Waals surface area contributed by atoms with Crippen LogP contribution in [0.25, 0.3) is 0 Å². The number of carbonyl (C=O) groups is 1. The Bertz CT molecular complexity index is 706. The van der Waals surface area contributed by atoms with E-state index in [0.29, 0.717) is 18.9 Å². The van der Waals surface area contributed by atoms with Gasteiger partial charge in [-0.3, -0.25) is 4.57 Å². The van der Waals surface area contributed by atoms with E-state index in [2.05, 4.69) is 4.74 Å². The first-order valence-electron chi connectivity index (χ1n) is 6.75. The maximum Gasteiger partial charge on any atom is 0.417 e. The molecule has 1 saturated carbocycles. The van der Waals surface area contributed by atoms with Crippen LogP contribution in [0.3, 0.4) is 0 Å². The molecule has 1 aromatic carbocycles. The molecule has 2 N–H and O–H groups in total. The molecule has 1 unspecified atom stereocenters. The van der Waals surface area contributed by atoms with Crippen LogP contribution in [0.4, 0.5) is 13.2 Å². The summed E-state index contributed by atoms with van der Waals surface area (Å²) in [6.45, 7) is 0. The Hall–Kier alpha value is -1.57. The number of halogens is 3. The average molecular weight is 352 g/mol. The van der Waals surface area contributed by atoms with Gasteiger partial charge in [-0.1, -0.05) is 0 Å². The second-order valence-electron chi connectivity index (χ2n) is 5.45. The number of alkyl halides is 3. The summed E-state index contributed by atoms with van der Waals surface area (Å²) in [4.78, 5) is 30.1. The van der Waals surface area contributed by atoms with Gasteiger partial charge >= 0.3 is 19.7 Å². The molecule has 1 heterocycles. The summed E-state index contributed by atoms with van der Waals surface area (Å²) < 4.78 is 60.8. The van der Waals surface area contributed by atoms with Gasteiger partial charge in [0, 0.05) is 5.56 Å². The fraction of sp³-hybridized carbons (Fsp3) is 0.462. The number of hydrogen-bond acceptors (Lipinski definition) is 4. The molecule has 3 rings (SSSR count). The number of rotatable bonds is 3. The van der Waals surface area contributed by atoms with Crippen LogP contribution in [0.15, 0.2) is 12.1 Å². The Balaban J connectivity index is 2.13. The summed E-state index contributed by atoms with van der Waals surface area (Å²) in [5.41, 5.74) is -2.68. The zero-order chi connectivity index (χ0) is 17.0. The molecular weight excluding hydrogens is 340 g/mol. The number of benzene rings is 1. The smallest absolute Gasteiger partial charge is 0.417 e. The number of esters is 1. The molecule has 0 spiro atoms. The van der Waals surface area contributed by atoms with Crippen LogP contribution < -0.4 is 4.74 Å². The SMILES string of the molecule is O=C1OC(P(=O)(O)O)c2cc(OC3CCC3)cc(C(F)(F)F)c21. The van der Waals surface area contributed by atoms with Crippen LogP contribution in [0.1, 0.15) is 46.6 Å². The first-order valence-corrected chi connectivity index (χ1v) is 8.43. The highest BCUT2D eigenvalue weighted by atomic mass is 31.2. The monoisotopic (exact) mass is 352 g/mol. The fourth-order valence-corrected chi connectivity index (χ4v) is 3.30. The minimum atomic E-state index is -4.97. The molecule has 1 aliphatic carbocycles. The summed E-state index contributed by atoms with van der Waals surface area (Å²) in [6, 6.07) is 1.71. The van der Waals surface area contributed by atoms with Gasteiger partial charge in [0.2, 0.25) is 5.85 Å². The first-order chi connectivity index (χ1) is 10.6. The van der Waals surface area contributed by atoms with Crippen molar-refractivity contribution >= 4 is 13.6 Å². The van der Waals surface area contributed by atoms with Gasteiger partial charge in [-0.25, -0.2) is 4.79 Å². The molecule has 23 heavy (non-hydrogen) atoms. The van der Waals surface area contributed by atoms with Crippen LogP contribution in [-0.4, -0.2) is 21.9 Å². The molecule has 2 aliphatic rings. The van der Waals surface area contributed by atoms with Crippen molar-refractivity contribution in [3.05, 3.63) is 28.8 Å². The van der Waals surface area contributed by atoms with Crippen LogP contribution in [0, 0.1) is 0 Å². The van der Waals surface area contributed by atoms with Gasteiger partial charge in [0.25, 0.3) is 0 Å². The quantitative estimate of drug-likeness (QED) is 0.642. The lowest BCUT2D eigenvalue weighted by atomic mass is 9.96. The van der Waals surface area contributed by atoms with Crippen LogP contribution >= 0.6 is 7.60 Å². The molecule has 0 bridgehead atoms. The molecule has 1 aliphatic heterocycles. The topological polar surface area (TPSA) is 93.1 Å². The van der Waals surface area contributed by atoms with Crippen molar-refractivity contribution in [3.8, 4) is 5.75 Å². The van der Waals surface area contributed by atoms with Crippen molar-refractivity contribution < 1.29 is 41.8 Å². The van der Waals surface area contributed by atoms with Gasteiger partial charge < -0.3 is 19.3 Å². The third-order valence-electron chi connectivity index (χ3n) is 3.80. The van der Waals surface area contributed by atoms with Gasteiger partial charge in [0.1, 0.15) is 5.75 Å². The lowest BCUT2D eigenvalue weighted by Gasteiger charge is -2.27. The largest absolute Gasteiger partial charge is 0.490 e. The van der Waals surface area contributed by atoms with Crippen molar-refractivity contribution in [2.75, 3.05) is 0 Å². The normalized spacial score (nSPS) is 21.6. The van der Waals surface area contributed by atoms with E-state index in [-0.39, 0.29) is 11.9 Å². The van der Waals surface area contributed by atoms with Crippen LogP contribution in [0.5, 0.6) is 5.75 Å². The fourth-order valence-electron chi connectivity index (χ4n) is 2.51. The number of hydrogen-bond donors (Lipinski definition) is 2. The van der Waals surface area contributed by atoms with Gasteiger partial charge in [0.05, 0.1) is 17.2 Å². The lowest BCUT2D eigenvalue weighted by Crippen LogP contribution is -2.25. The number of fused-ring (bicyclic) bond motifs is 1. The van der Waals surface area contributed by atoms with Crippen LogP contribution in [-0.2, 0) is 15.5 Å². The maximum absolute atomic E-state index is 13.2. The molecule has 1 aromatic rings. The molecule has 1 fully saturated rings. The molecule has 0 aromatic heterocycles. The van der Waals surface area contributed by atoms with E-state index in [4.69, 9.17) is 4.74 Å². The third kappa shape index (κ3) is 2.96. The van der Waals surface area contributed by atoms with Crippen molar-refractivity contribution in [1.82, 2.24) is 0 Å². The predicted molar refractivity (Wildman–Crippen MR) is 69.9 cm³/mol. The van der Waals surface area contributed by atoms with E-state index in [0.717, 1.165) is 12.5 Å². The first kappa shape index (κ1) is 16.3. The predicted octanol–water partition coefficient (Wildman–Crippen LogP) is 2.98. The zero-order valence-electron chi connectivity index (χ0n) is 11.5. The maximum atomic E-state index is 13.2. The third-order valence-corrected chi connectivity index (χ3v) is 4.79. The van der Waals surface area contributed by atoms with Crippen molar-refractivity contribution in [2.24, 2.45) is 0 Å². The van der Waals surface area contributed by atoms with E-state index >= 15 is 0 Å². The summed E-state index contributed by atoms with van der Waals surface area (Å²) in [5, 5.41) is 0. The molecule has 1 atom stereocenters. The lowest BCUT2D eigenvalue weighted by molar-refractivity contribution is -0.138. The van der Waals surface area contributed by atoms with Crippen molar-refractivity contribution in [1.29, 1.82) is 0 Å². The molecule has 10 heteroatoms. The Labute approximate surface area is 128 Å². The second kappa shape index (κ2) is 5.22. The van der Waals surface area contributed by atoms with Crippen LogP contribution in [0.2, 0.25) is 0 Å². The van der Waals surface area contributed by atoms with E-state index in [1.165, 1.54) is 0 Å². The van der Waals surface area contributed by atoms with Gasteiger partial charge in [-0.15, -0.1) is 0 Å². The Morgan fingerprint density at radius 1 is 1.26 bits per heavy atom. The van der Waals surface area contributed by atoms with Crippen molar-refractivity contribution in [2.45, 2.75) is 37.4 Å². The van der Waals surface area contributed by atoms with E-state index < -0.39 is 42.3 Å². The van der Waals surface area contributed by atoms with Crippen molar-refractivity contribution in [3.63, 3.8) is 0 Å². The van der Waals surface area contributed by atoms with E-state index in [9.17, 15) is 32.3 Å². The standard InChI is InChI=1S/C13H12F3O6P/c14-13(15,16)9-5-7(21-6-2-1-3-6)4-8-10(9)11(17)22-12(8)23(18,19)20/h4-6,12H,1-3H2,(H2,18,19,20). The highest BCUT2D eigenvalue weighted by molar-refractivity contribution is 7.52. The Morgan fingerprint density at radius 2 is 1.91 bits per heavy atom. The number of cyclic esters (lactones) is 1. The minimum Gasteiger partial charge on any atom is -0.490 e. The molecular formula is C13H12F3O6P. The molecule has 6 nitrogen and oxygen atoms in total. The minimum absolute atomic E-state index is 0.183. The molecule has 0 amide bonds. The molecule has 126 valence electrons.